The molecule has 0 aliphatic rings. The molecule has 0 aliphatic carbocycles. The summed E-state index contributed by atoms with van der Waals surface area (Å²) in [5, 5.41) is 0. The van der Waals surface area contributed by atoms with E-state index in [4.69, 9.17) is 9.47 Å². The van der Waals surface area contributed by atoms with E-state index in [1.54, 1.807) is 25.3 Å². The van der Waals surface area contributed by atoms with Crippen molar-refractivity contribution in [1.29, 1.82) is 0 Å². The predicted molar refractivity (Wildman–Crippen MR) is 67.6 cm³/mol. The maximum absolute atomic E-state index is 11.9. The molecule has 0 fully saturated rings. The van der Waals surface area contributed by atoms with Crippen molar-refractivity contribution in [3.8, 4) is 5.75 Å². The van der Waals surface area contributed by atoms with Gasteiger partial charge in [-0.25, -0.2) is 0 Å². The van der Waals surface area contributed by atoms with Crippen LogP contribution in [0.15, 0.2) is 24.3 Å². The van der Waals surface area contributed by atoms with Crippen LogP contribution in [0.2, 0.25) is 0 Å². The molecule has 94 valence electrons. The Balaban J connectivity index is 2.64. The van der Waals surface area contributed by atoms with Gasteiger partial charge in [-0.1, -0.05) is 19.1 Å². The van der Waals surface area contributed by atoms with Gasteiger partial charge in [0.1, 0.15) is 12.4 Å². The van der Waals surface area contributed by atoms with Gasteiger partial charge < -0.3 is 9.47 Å². The van der Waals surface area contributed by atoms with Gasteiger partial charge in [0, 0.05) is 5.56 Å². The van der Waals surface area contributed by atoms with Crippen LogP contribution >= 0.6 is 0 Å². The van der Waals surface area contributed by atoms with E-state index >= 15 is 0 Å². The summed E-state index contributed by atoms with van der Waals surface area (Å²) in [6.45, 7) is 6.10. The molecule has 0 amide bonds. The summed E-state index contributed by atoms with van der Waals surface area (Å²) in [6, 6.07) is 7.11. The minimum Gasteiger partial charge on any atom is -0.497 e. The quantitative estimate of drug-likeness (QED) is 0.712. The maximum Gasteiger partial charge on any atom is 0.188 e. The fourth-order valence-corrected chi connectivity index (χ4v) is 1.24. The molecular formula is C14H20O3. The van der Waals surface area contributed by atoms with Crippen LogP contribution in [0.4, 0.5) is 0 Å². The number of rotatable bonds is 6. The smallest absolute Gasteiger partial charge is 0.188 e. The molecule has 0 bridgehead atoms. The van der Waals surface area contributed by atoms with Crippen LogP contribution in [-0.4, -0.2) is 25.1 Å². The van der Waals surface area contributed by atoms with Gasteiger partial charge in [-0.3, -0.25) is 4.79 Å². The van der Waals surface area contributed by atoms with Gasteiger partial charge in [0.05, 0.1) is 12.7 Å². The van der Waals surface area contributed by atoms with Crippen LogP contribution in [0.3, 0.4) is 0 Å². The molecule has 0 aromatic heterocycles. The van der Waals surface area contributed by atoms with Gasteiger partial charge in [0.15, 0.2) is 5.78 Å². The van der Waals surface area contributed by atoms with Crippen LogP contribution in [-0.2, 0) is 4.74 Å². The SMILES string of the molecule is CCC(C)(C)OCC(=O)c1cccc(OC)c1. The lowest BCUT2D eigenvalue weighted by Crippen LogP contribution is -2.26. The highest BCUT2D eigenvalue weighted by Crippen LogP contribution is 2.16. The molecule has 0 atom stereocenters. The van der Waals surface area contributed by atoms with Crippen LogP contribution in [0, 0.1) is 0 Å². The fourth-order valence-electron chi connectivity index (χ4n) is 1.24. The molecule has 0 heterocycles. The van der Waals surface area contributed by atoms with E-state index in [0.717, 1.165) is 6.42 Å². The Labute approximate surface area is 103 Å². The second-order valence-corrected chi connectivity index (χ2v) is 4.56. The zero-order chi connectivity index (χ0) is 12.9. The molecule has 0 unspecified atom stereocenters. The van der Waals surface area contributed by atoms with Gasteiger partial charge in [0.2, 0.25) is 0 Å². The summed E-state index contributed by atoms with van der Waals surface area (Å²) < 4.78 is 10.7. The molecule has 3 heteroatoms. The van der Waals surface area contributed by atoms with Crippen molar-refractivity contribution in [3.05, 3.63) is 29.8 Å². The summed E-state index contributed by atoms with van der Waals surface area (Å²) in [4.78, 5) is 11.9. The molecule has 0 saturated heterocycles. The first-order chi connectivity index (χ1) is 7.98. The normalized spacial score (nSPS) is 11.3. The summed E-state index contributed by atoms with van der Waals surface area (Å²) in [5.41, 5.74) is 0.366. The summed E-state index contributed by atoms with van der Waals surface area (Å²) >= 11 is 0. The first kappa shape index (κ1) is 13.7. The molecule has 0 N–H and O–H groups in total. The summed E-state index contributed by atoms with van der Waals surface area (Å²) in [5.74, 6) is 0.663. The van der Waals surface area contributed by atoms with E-state index in [1.807, 2.05) is 26.8 Å². The van der Waals surface area contributed by atoms with Crippen molar-refractivity contribution >= 4 is 5.78 Å². The van der Waals surface area contributed by atoms with Crippen LogP contribution in [0.1, 0.15) is 37.6 Å². The standard InChI is InChI=1S/C14H20O3/c1-5-14(2,3)17-10-13(15)11-7-6-8-12(9-11)16-4/h6-9H,5,10H2,1-4H3. The Hall–Kier alpha value is -1.35. The third-order valence-corrected chi connectivity index (χ3v) is 2.84. The Morgan fingerprint density at radius 3 is 2.65 bits per heavy atom. The second-order valence-electron chi connectivity index (χ2n) is 4.56. The van der Waals surface area contributed by atoms with E-state index in [0.29, 0.717) is 11.3 Å². The number of carbonyl (C=O) groups is 1. The molecular weight excluding hydrogens is 216 g/mol. The first-order valence-electron chi connectivity index (χ1n) is 5.79. The molecule has 17 heavy (non-hydrogen) atoms. The number of carbonyl (C=O) groups excluding carboxylic acids is 1. The lowest BCUT2D eigenvalue weighted by molar-refractivity contribution is -0.0122. The van der Waals surface area contributed by atoms with Gasteiger partial charge in [-0.05, 0) is 32.4 Å². The minimum atomic E-state index is -0.255. The largest absolute Gasteiger partial charge is 0.497 e. The molecule has 1 aromatic rings. The topological polar surface area (TPSA) is 35.5 Å². The Bertz CT molecular complexity index is 383. The lowest BCUT2D eigenvalue weighted by atomic mass is 10.1. The second kappa shape index (κ2) is 5.82. The van der Waals surface area contributed by atoms with Crippen molar-refractivity contribution < 1.29 is 14.3 Å². The number of hydrogen-bond donors (Lipinski definition) is 0. The van der Waals surface area contributed by atoms with Gasteiger partial charge in [-0.15, -0.1) is 0 Å². The highest BCUT2D eigenvalue weighted by Gasteiger charge is 2.17. The van der Waals surface area contributed by atoms with Crippen molar-refractivity contribution in [2.45, 2.75) is 32.8 Å². The molecule has 1 rings (SSSR count). The van der Waals surface area contributed by atoms with Crippen LogP contribution < -0.4 is 4.74 Å². The van der Waals surface area contributed by atoms with E-state index < -0.39 is 0 Å². The van der Waals surface area contributed by atoms with Crippen LogP contribution in [0.25, 0.3) is 0 Å². The first-order valence-corrected chi connectivity index (χ1v) is 5.79. The number of ketones is 1. The monoisotopic (exact) mass is 236 g/mol. The molecule has 0 spiro atoms. The zero-order valence-electron chi connectivity index (χ0n) is 10.9. The highest BCUT2D eigenvalue weighted by molar-refractivity contribution is 5.97. The molecule has 0 aliphatic heterocycles. The number of methoxy groups -OCH3 is 1. The third kappa shape index (κ3) is 4.19. The average molecular weight is 236 g/mol. The van der Waals surface area contributed by atoms with Gasteiger partial charge in [0.25, 0.3) is 0 Å². The number of ether oxygens (including phenoxy) is 2. The highest BCUT2D eigenvalue weighted by atomic mass is 16.5. The Morgan fingerprint density at radius 1 is 1.35 bits per heavy atom. The van der Waals surface area contributed by atoms with Crippen LogP contribution in [0.5, 0.6) is 5.75 Å². The zero-order valence-corrected chi connectivity index (χ0v) is 10.9. The van der Waals surface area contributed by atoms with Gasteiger partial charge in [-0.2, -0.15) is 0 Å². The lowest BCUT2D eigenvalue weighted by Gasteiger charge is -2.22. The van der Waals surface area contributed by atoms with E-state index in [1.165, 1.54) is 0 Å². The molecule has 0 saturated carbocycles. The van der Waals surface area contributed by atoms with Crippen molar-refractivity contribution in [3.63, 3.8) is 0 Å². The Morgan fingerprint density at radius 2 is 2.06 bits per heavy atom. The van der Waals surface area contributed by atoms with E-state index in [9.17, 15) is 4.79 Å². The number of benzene rings is 1. The third-order valence-electron chi connectivity index (χ3n) is 2.84. The summed E-state index contributed by atoms with van der Waals surface area (Å²) in [6.07, 6.45) is 0.873. The molecule has 1 aromatic carbocycles. The number of Topliss-reactive ketones (excluding diaryl/α,β-unsaturated/α-hetero) is 1. The van der Waals surface area contributed by atoms with Crippen molar-refractivity contribution in [2.24, 2.45) is 0 Å². The van der Waals surface area contributed by atoms with Gasteiger partial charge >= 0.3 is 0 Å². The van der Waals surface area contributed by atoms with E-state index in [2.05, 4.69) is 0 Å². The average Bonchev–Trinajstić information content (AvgIpc) is 2.36. The molecule has 3 nitrogen and oxygen atoms in total. The van der Waals surface area contributed by atoms with Crippen molar-refractivity contribution in [2.75, 3.05) is 13.7 Å². The summed E-state index contributed by atoms with van der Waals surface area (Å²) in [7, 11) is 1.58. The fraction of sp³-hybridized carbons (Fsp3) is 0.500. The van der Waals surface area contributed by atoms with Crippen molar-refractivity contribution in [1.82, 2.24) is 0 Å². The maximum atomic E-state index is 11.9. The Kier molecular flexibility index (Phi) is 4.70. The predicted octanol–water partition coefficient (Wildman–Crippen LogP) is 3.08. The molecule has 0 radical (unpaired) electrons. The number of hydrogen-bond acceptors (Lipinski definition) is 3. The van der Waals surface area contributed by atoms with E-state index in [-0.39, 0.29) is 18.0 Å². The minimum absolute atomic E-state index is 0.0228.